The van der Waals surface area contributed by atoms with Crippen LogP contribution in [0.4, 0.5) is 4.39 Å². The highest BCUT2D eigenvalue weighted by atomic mass is 32.2. The fourth-order valence-electron chi connectivity index (χ4n) is 2.46. The molecule has 22 heavy (non-hydrogen) atoms. The molecule has 2 aromatic rings. The molecule has 0 aromatic heterocycles. The summed E-state index contributed by atoms with van der Waals surface area (Å²) >= 11 is 1.57. The lowest BCUT2D eigenvalue weighted by molar-refractivity contribution is -0.128. The van der Waals surface area contributed by atoms with Crippen molar-refractivity contribution in [2.45, 2.75) is 11.9 Å². The van der Waals surface area contributed by atoms with Crippen molar-refractivity contribution in [3.63, 3.8) is 0 Å². The normalized spacial score (nSPS) is 17.8. The van der Waals surface area contributed by atoms with Crippen molar-refractivity contribution in [1.29, 1.82) is 0 Å². The molecule has 0 N–H and O–H groups in total. The van der Waals surface area contributed by atoms with Gasteiger partial charge < -0.3 is 9.64 Å². The minimum Gasteiger partial charge on any atom is -0.497 e. The fourth-order valence-corrected chi connectivity index (χ4v) is 3.64. The van der Waals surface area contributed by atoms with Crippen molar-refractivity contribution in [2.24, 2.45) is 0 Å². The summed E-state index contributed by atoms with van der Waals surface area (Å²) in [6.07, 6.45) is 0. The molecule has 0 aliphatic carbocycles. The molecule has 3 nitrogen and oxygen atoms in total. The van der Waals surface area contributed by atoms with Gasteiger partial charge in [-0.1, -0.05) is 24.3 Å². The van der Waals surface area contributed by atoms with Crippen molar-refractivity contribution in [1.82, 2.24) is 4.90 Å². The number of hydrogen-bond acceptors (Lipinski definition) is 3. The highest BCUT2D eigenvalue weighted by Gasteiger charge is 2.32. The first-order valence-corrected chi connectivity index (χ1v) is 8.02. The number of ether oxygens (including phenoxy) is 1. The molecule has 2 aromatic carbocycles. The maximum absolute atomic E-state index is 13.1. The molecule has 3 rings (SSSR count). The number of hydrogen-bond donors (Lipinski definition) is 0. The number of thioether (sulfide) groups is 1. The molecule has 1 amide bonds. The Bertz CT molecular complexity index is 657. The lowest BCUT2D eigenvalue weighted by atomic mass is 10.1. The number of amides is 1. The molecule has 0 bridgehead atoms. The van der Waals surface area contributed by atoms with E-state index in [0.717, 1.165) is 16.9 Å². The fraction of sp³-hybridized carbons (Fsp3) is 0.235. The summed E-state index contributed by atoms with van der Waals surface area (Å²) in [7, 11) is 1.63. The standard InChI is InChI=1S/C17H16FNO2S/c1-21-15-8-2-12(3-9-15)10-19-16(20)11-22-17(19)13-4-6-14(18)7-5-13/h2-9,17H,10-11H2,1H3/t17-/m0/s1. The molecule has 0 saturated carbocycles. The zero-order chi connectivity index (χ0) is 15.5. The van der Waals surface area contributed by atoms with Crippen LogP contribution in [0.25, 0.3) is 0 Å². The quantitative estimate of drug-likeness (QED) is 0.863. The van der Waals surface area contributed by atoms with E-state index in [1.54, 1.807) is 31.0 Å². The minimum atomic E-state index is -0.264. The van der Waals surface area contributed by atoms with Gasteiger partial charge in [0.2, 0.25) is 5.91 Å². The van der Waals surface area contributed by atoms with Crippen LogP contribution >= 0.6 is 11.8 Å². The van der Waals surface area contributed by atoms with E-state index in [0.29, 0.717) is 12.3 Å². The number of rotatable bonds is 4. The Labute approximate surface area is 133 Å². The molecule has 1 heterocycles. The van der Waals surface area contributed by atoms with Crippen molar-refractivity contribution < 1.29 is 13.9 Å². The highest BCUT2D eigenvalue weighted by Crippen LogP contribution is 2.39. The molecule has 0 spiro atoms. The largest absolute Gasteiger partial charge is 0.497 e. The molecule has 0 radical (unpaired) electrons. The van der Waals surface area contributed by atoms with E-state index in [4.69, 9.17) is 4.74 Å². The van der Waals surface area contributed by atoms with Crippen molar-refractivity contribution in [3.05, 3.63) is 65.5 Å². The van der Waals surface area contributed by atoms with Crippen LogP contribution in [0.2, 0.25) is 0 Å². The predicted molar refractivity (Wildman–Crippen MR) is 85.1 cm³/mol. The summed E-state index contributed by atoms with van der Waals surface area (Å²) in [5.41, 5.74) is 1.99. The van der Waals surface area contributed by atoms with E-state index in [1.807, 2.05) is 29.2 Å². The van der Waals surface area contributed by atoms with Gasteiger partial charge in [-0.3, -0.25) is 4.79 Å². The van der Waals surface area contributed by atoms with Gasteiger partial charge in [-0.15, -0.1) is 11.8 Å². The van der Waals surface area contributed by atoms with Crippen molar-refractivity contribution in [3.8, 4) is 5.75 Å². The predicted octanol–water partition coefficient (Wildman–Crippen LogP) is 3.61. The first-order chi connectivity index (χ1) is 10.7. The van der Waals surface area contributed by atoms with Gasteiger partial charge in [-0.05, 0) is 35.4 Å². The Morgan fingerprint density at radius 2 is 1.86 bits per heavy atom. The number of carbonyl (C=O) groups excluding carboxylic acids is 1. The topological polar surface area (TPSA) is 29.5 Å². The van der Waals surface area contributed by atoms with Gasteiger partial charge in [0.1, 0.15) is 16.9 Å². The molecule has 5 heteroatoms. The third kappa shape index (κ3) is 3.09. The van der Waals surface area contributed by atoms with Gasteiger partial charge in [-0.25, -0.2) is 4.39 Å². The summed E-state index contributed by atoms with van der Waals surface area (Å²) in [6.45, 7) is 0.540. The van der Waals surface area contributed by atoms with Crippen LogP contribution in [0.1, 0.15) is 16.5 Å². The Hall–Kier alpha value is -2.01. The van der Waals surface area contributed by atoms with E-state index < -0.39 is 0 Å². The molecule has 1 fully saturated rings. The van der Waals surface area contributed by atoms with E-state index in [2.05, 4.69) is 0 Å². The molecular formula is C17H16FNO2S. The Kier molecular flexibility index (Phi) is 4.34. The van der Waals surface area contributed by atoms with E-state index in [-0.39, 0.29) is 17.1 Å². The van der Waals surface area contributed by atoms with E-state index in [9.17, 15) is 9.18 Å². The van der Waals surface area contributed by atoms with E-state index >= 15 is 0 Å². The number of halogens is 1. The Balaban J connectivity index is 1.79. The Morgan fingerprint density at radius 1 is 1.18 bits per heavy atom. The highest BCUT2D eigenvalue weighted by molar-refractivity contribution is 8.00. The van der Waals surface area contributed by atoms with Gasteiger partial charge >= 0.3 is 0 Å². The average molecular weight is 317 g/mol. The van der Waals surface area contributed by atoms with Gasteiger partial charge in [0.05, 0.1) is 12.9 Å². The zero-order valence-electron chi connectivity index (χ0n) is 12.2. The zero-order valence-corrected chi connectivity index (χ0v) is 13.0. The summed E-state index contributed by atoms with van der Waals surface area (Å²) in [4.78, 5) is 14.0. The van der Waals surface area contributed by atoms with Crippen LogP contribution in [0.3, 0.4) is 0 Å². The molecule has 114 valence electrons. The van der Waals surface area contributed by atoms with Crippen molar-refractivity contribution >= 4 is 17.7 Å². The number of methoxy groups -OCH3 is 1. The molecule has 1 atom stereocenters. The molecule has 1 saturated heterocycles. The maximum Gasteiger partial charge on any atom is 0.234 e. The van der Waals surface area contributed by atoms with Crippen LogP contribution in [0.5, 0.6) is 5.75 Å². The third-order valence-electron chi connectivity index (χ3n) is 3.64. The minimum absolute atomic E-state index is 0.0600. The monoisotopic (exact) mass is 317 g/mol. The second-order valence-electron chi connectivity index (χ2n) is 5.08. The second-order valence-corrected chi connectivity index (χ2v) is 6.15. The van der Waals surface area contributed by atoms with E-state index in [1.165, 1.54) is 12.1 Å². The van der Waals surface area contributed by atoms with Gasteiger partial charge in [0.25, 0.3) is 0 Å². The summed E-state index contributed by atoms with van der Waals surface area (Å²) in [5, 5.41) is -0.0600. The van der Waals surface area contributed by atoms with Gasteiger partial charge in [0.15, 0.2) is 0 Å². The molecule has 1 aliphatic heterocycles. The smallest absolute Gasteiger partial charge is 0.234 e. The molecule has 1 aliphatic rings. The lowest BCUT2D eigenvalue weighted by Gasteiger charge is -2.24. The van der Waals surface area contributed by atoms with Crippen LogP contribution in [0, 0.1) is 5.82 Å². The van der Waals surface area contributed by atoms with Crippen LogP contribution < -0.4 is 4.74 Å². The number of carbonyl (C=O) groups is 1. The van der Waals surface area contributed by atoms with Crippen LogP contribution in [0.15, 0.2) is 48.5 Å². The summed E-state index contributed by atoms with van der Waals surface area (Å²) in [6, 6.07) is 14.0. The molecule has 0 unspecified atom stereocenters. The summed E-state index contributed by atoms with van der Waals surface area (Å²) in [5.74, 6) is 1.09. The van der Waals surface area contributed by atoms with Crippen molar-refractivity contribution in [2.75, 3.05) is 12.9 Å². The van der Waals surface area contributed by atoms with Crippen LogP contribution in [-0.2, 0) is 11.3 Å². The molecular weight excluding hydrogens is 301 g/mol. The Morgan fingerprint density at radius 3 is 2.50 bits per heavy atom. The first-order valence-electron chi connectivity index (χ1n) is 6.97. The summed E-state index contributed by atoms with van der Waals surface area (Å²) < 4.78 is 18.2. The second kappa shape index (κ2) is 6.40. The lowest BCUT2D eigenvalue weighted by Crippen LogP contribution is -2.27. The number of nitrogens with zero attached hydrogens (tertiary/aromatic N) is 1. The maximum atomic E-state index is 13.1. The third-order valence-corrected chi connectivity index (χ3v) is 4.89. The average Bonchev–Trinajstić information content (AvgIpc) is 2.90. The van der Waals surface area contributed by atoms with Gasteiger partial charge in [0, 0.05) is 6.54 Å². The number of benzene rings is 2. The van der Waals surface area contributed by atoms with Crippen LogP contribution in [-0.4, -0.2) is 23.7 Å². The SMILES string of the molecule is COc1ccc(CN2C(=O)CS[C@H]2c2ccc(F)cc2)cc1. The first kappa shape index (κ1) is 14.9. The van der Waals surface area contributed by atoms with Gasteiger partial charge in [-0.2, -0.15) is 0 Å².